The molecule has 2 unspecified atom stereocenters. The summed E-state index contributed by atoms with van der Waals surface area (Å²) < 4.78 is 7.31. The third-order valence-electron chi connectivity index (χ3n) is 3.20. The maximum atomic E-state index is 5.36. The lowest BCUT2D eigenvalue weighted by atomic mass is 9.86. The van der Waals surface area contributed by atoms with E-state index in [4.69, 9.17) is 4.74 Å². The summed E-state index contributed by atoms with van der Waals surface area (Å²) in [5.74, 6) is 1.47. The number of hydrogen-bond donors (Lipinski definition) is 0. The largest absolute Gasteiger partial charge is 0.493 e. The Morgan fingerprint density at radius 3 is 2.87 bits per heavy atom. The van der Waals surface area contributed by atoms with E-state index in [1.54, 1.807) is 7.11 Å². The third kappa shape index (κ3) is 2.05. The van der Waals surface area contributed by atoms with Gasteiger partial charge in [-0.15, -0.1) is 0 Å². The summed E-state index contributed by atoms with van der Waals surface area (Å²) in [6.45, 7) is 0. The minimum atomic E-state index is 0.543. The van der Waals surface area contributed by atoms with Crippen LogP contribution < -0.4 is 4.74 Å². The number of hydrogen-bond acceptors (Lipinski definition) is 2. The Hall–Kier alpha value is -0.510. The van der Waals surface area contributed by atoms with E-state index in [0.29, 0.717) is 10.7 Å². The highest BCUT2D eigenvalue weighted by Gasteiger charge is 2.29. The summed E-state index contributed by atoms with van der Waals surface area (Å²) in [6.07, 6.45) is 6.92. The van der Waals surface area contributed by atoms with E-state index < -0.39 is 0 Å². The zero-order valence-electron chi connectivity index (χ0n) is 9.24. The van der Waals surface area contributed by atoms with Crippen molar-refractivity contribution in [3.63, 3.8) is 0 Å². The molecule has 1 aromatic heterocycles. The molecule has 0 amide bonds. The second-order valence-electron chi connectivity index (χ2n) is 4.13. The highest BCUT2D eigenvalue weighted by Crippen LogP contribution is 2.40. The number of rotatable bonds is 2. The van der Waals surface area contributed by atoms with Crippen LogP contribution >= 0.6 is 15.9 Å². The molecule has 15 heavy (non-hydrogen) atoms. The Kier molecular flexibility index (Phi) is 3.34. The van der Waals surface area contributed by atoms with E-state index >= 15 is 0 Å². The normalized spacial score (nSPS) is 26.6. The maximum Gasteiger partial charge on any atom is 0.160 e. The smallest absolute Gasteiger partial charge is 0.160 e. The number of methoxy groups -OCH3 is 1. The van der Waals surface area contributed by atoms with Crippen molar-refractivity contribution in [1.82, 2.24) is 9.78 Å². The van der Waals surface area contributed by atoms with Gasteiger partial charge in [-0.2, -0.15) is 5.10 Å². The first-order valence-corrected chi connectivity index (χ1v) is 6.35. The lowest BCUT2D eigenvalue weighted by Crippen LogP contribution is -2.20. The zero-order chi connectivity index (χ0) is 10.8. The van der Waals surface area contributed by atoms with Crippen LogP contribution in [0.5, 0.6) is 5.75 Å². The highest BCUT2D eigenvalue weighted by atomic mass is 79.9. The Balaban J connectivity index is 2.29. The molecule has 0 aromatic carbocycles. The average Bonchev–Trinajstić information content (AvgIpc) is 2.60. The predicted octanol–water partition coefficient (Wildman–Crippen LogP) is 2.85. The van der Waals surface area contributed by atoms with E-state index in [0.717, 1.165) is 5.75 Å². The minimum Gasteiger partial charge on any atom is -0.493 e. The maximum absolute atomic E-state index is 5.36. The molecular formula is C11H17BrN2O. The van der Waals surface area contributed by atoms with Gasteiger partial charge in [0.05, 0.1) is 19.0 Å². The molecule has 3 nitrogen and oxygen atoms in total. The fraction of sp³-hybridized carbons (Fsp3) is 0.727. The van der Waals surface area contributed by atoms with E-state index in [1.165, 1.54) is 31.4 Å². The number of halogens is 1. The number of aromatic nitrogens is 2. The zero-order valence-corrected chi connectivity index (χ0v) is 10.8. The SMILES string of the molecule is COc1cnn(C)c1C1CCCCC1Br. The van der Waals surface area contributed by atoms with Gasteiger partial charge in [-0.25, -0.2) is 0 Å². The van der Waals surface area contributed by atoms with E-state index in [1.807, 2.05) is 17.9 Å². The van der Waals surface area contributed by atoms with Gasteiger partial charge >= 0.3 is 0 Å². The molecule has 1 fully saturated rings. The van der Waals surface area contributed by atoms with Crippen molar-refractivity contribution in [2.75, 3.05) is 7.11 Å². The highest BCUT2D eigenvalue weighted by molar-refractivity contribution is 9.09. The summed E-state index contributed by atoms with van der Waals surface area (Å²) in [5.41, 5.74) is 1.24. The number of alkyl halides is 1. The van der Waals surface area contributed by atoms with Crippen molar-refractivity contribution < 1.29 is 4.74 Å². The fourth-order valence-corrected chi connectivity index (χ4v) is 3.24. The quantitative estimate of drug-likeness (QED) is 0.775. The Morgan fingerprint density at radius 2 is 2.20 bits per heavy atom. The van der Waals surface area contributed by atoms with Crippen molar-refractivity contribution in [1.29, 1.82) is 0 Å². The van der Waals surface area contributed by atoms with Crippen molar-refractivity contribution in [3.8, 4) is 5.75 Å². The minimum absolute atomic E-state index is 0.543. The fourth-order valence-electron chi connectivity index (χ4n) is 2.40. The van der Waals surface area contributed by atoms with Gasteiger partial charge in [0.15, 0.2) is 5.75 Å². The molecule has 0 aliphatic heterocycles. The summed E-state index contributed by atoms with van der Waals surface area (Å²) >= 11 is 3.78. The van der Waals surface area contributed by atoms with Gasteiger partial charge in [0.1, 0.15) is 0 Å². The van der Waals surface area contributed by atoms with Gasteiger partial charge < -0.3 is 4.74 Å². The van der Waals surface area contributed by atoms with Gasteiger partial charge in [0, 0.05) is 17.8 Å². The molecule has 84 valence electrons. The van der Waals surface area contributed by atoms with Gasteiger partial charge in [-0.1, -0.05) is 28.8 Å². The molecule has 0 saturated heterocycles. The second-order valence-corrected chi connectivity index (χ2v) is 5.30. The molecule has 0 N–H and O–H groups in total. The van der Waals surface area contributed by atoms with Crippen LogP contribution in [-0.4, -0.2) is 21.7 Å². The number of ether oxygens (including phenoxy) is 1. The van der Waals surface area contributed by atoms with Crippen molar-refractivity contribution in [2.24, 2.45) is 7.05 Å². The van der Waals surface area contributed by atoms with Crippen LogP contribution in [0.1, 0.15) is 37.3 Å². The monoisotopic (exact) mass is 272 g/mol. The van der Waals surface area contributed by atoms with Gasteiger partial charge in [-0.3, -0.25) is 4.68 Å². The molecule has 2 rings (SSSR count). The Labute approximate surface area is 98.9 Å². The predicted molar refractivity (Wildman–Crippen MR) is 63.7 cm³/mol. The van der Waals surface area contributed by atoms with Crippen molar-refractivity contribution in [3.05, 3.63) is 11.9 Å². The first-order chi connectivity index (χ1) is 7.24. The summed E-state index contributed by atoms with van der Waals surface area (Å²) in [6, 6.07) is 0. The van der Waals surface area contributed by atoms with Crippen LogP contribution in [0.3, 0.4) is 0 Å². The first kappa shape index (κ1) is 11.0. The van der Waals surface area contributed by atoms with Gasteiger partial charge in [0.2, 0.25) is 0 Å². The first-order valence-electron chi connectivity index (χ1n) is 5.44. The molecule has 1 aliphatic rings. The topological polar surface area (TPSA) is 27.1 Å². The van der Waals surface area contributed by atoms with Crippen LogP contribution in [0.4, 0.5) is 0 Å². The van der Waals surface area contributed by atoms with Crippen LogP contribution in [0.2, 0.25) is 0 Å². The van der Waals surface area contributed by atoms with Crippen LogP contribution in [0, 0.1) is 0 Å². The summed E-state index contributed by atoms with van der Waals surface area (Å²) in [7, 11) is 3.71. The van der Waals surface area contributed by atoms with Crippen molar-refractivity contribution in [2.45, 2.75) is 36.4 Å². The lowest BCUT2D eigenvalue weighted by Gasteiger charge is -2.27. The molecule has 0 bridgehead atoms. The van der Waals surface area contributed by atoms with Crippen LogP contribution in [-0.2, 0) is 7.05 Å². The Morgan fingerprint density at radius 1 is 1.47 bits per heavy atom. The van der Waals surface area contributed by atoms with Crippen LogP contribution in [0.15, 0.2) is 6.20 Å². The standard InChI is InChI=1S/C11H17BrN2O/c1-14-11(10(15-2)7-13-14)8-5-3-4-6-9(8)12/h7-9H,3-6H2,1-2H3. The molecule has 0 spiro atoms. The molecule has 1 aromatic rings. The van der Waals surface area contributed by atoms with E-state index in [-0.39, 0.29) is 0 Å². The molecule has 0 radical (unpaired) electrons. The van der Waals surface area contributed by atoms with Gasteiger partial charge in [-0.05, 0) is 12.8 Å². The van der Waals surface area contributed by atoms with Crippen LogP contribution in [0.25, 0.3) is 0 Å². The Bertz CT molecular complexity index is 337. The van der Waals surface area contributed by atoms with E-state index in [9.17, 15) is 0 Å². The van der Waals surface area contributed by atoms with Gasteiger partial charge in [0.25, 0.3) is 0 Å². The molecule has 1 aliphatic carbocycles. The molecule has 4 heteroatoms. The molecule has 1 heterocycles. The third-order valence-corrected chi connectivity index (χ3v) is 4.30. The molecular weight excluding hydrogens is 256 g/mol. The number of nitrogens with zero attached hydrogens (tertiary/aromatic N) is 2. The summed E-state index contributed by atoms with van der Waals surface area (Å²) in [4.78, 5) is 0.565. The molecule has 2 atom stereocenters. The molecule has 1 saturated carbocycles. The number of aryl methyl sites for hydroxylation is 1. The van der Waals surface area contributed by atoms with E-state index in [2.05, 4.69) is 21.0 Å². The van der Waals surface area contributed by atoms with Crippen molar-refractivity contribution >= 4 is 15.9 Å². The lowest BCUT2D eigenvalue weighted by molar-refractivity contribution is 0.384. The second kappa shape index (κ2) is 4.56. The average molecular weight is 273 g/mol. The summed E-state index contributed by atoms with van der Waals surface area (Å²) in [5, 5.41) is 4.27.